The highest BCUT2D eigenvalue weighted by atomic mass is 32.1. The van der Waals surface area contributed by atoms with E-state index in [-0.39, 0.29) is 17.2 Å². The Morgan fingerprint density at radius 2 is 2.20 bits per heavy atom. The van der Waals surface area contributed by atoms with Crippen LogP contribution in [0.15, 0.2) is 41.7 Å². The van der Waals surface area contributed by atoms with E-state index < -0.39 is 0 Å². The molecule has 2 aromatic rings. The van der Waals surface area contributed by atoms with Crippen molar-refractivity contribution in [1.29, 1.82) is 5.26 Å². The van der Waals surface area contributed by atoms with Crippen LogP contribution in [0.5, 0.6) is 0 Å². The minimum absolute atomic E-state index is 0.0280. The van der Waals surface area contributed by atoms with Crippen LogP contribution >= 0.6 is 11.3 Å². The summed E-state index contributed by atoms with van der Waals surface area (Å²) in [5.74, 6) is -0.0441. The molecular weight excluding hydrogens is 334 g/mol. The van der Waals surface area contributed by atoms with Gasteiger partial charge in [-0.25, -0.2) is 0 Å². The van der Waals surface area contributed by atoms with Crippen LogP contribution in [-0.2, 0) is 17.9 Å². The molecule has 6 heteroatoms. The van der Waals surface area contributed by atoms with Crippen LogP contribution in [0.1, 0.15) is 28.1 Å². The molecule has 0 radical (unpaired) electrons. The smallest absolute Gasteiger partial charge is 0.307 e. The van der Waals surface area contributed by atoms with Gasteiger partial charge in [0.25, 0.3) is 0 Å². The second kappa shape index (κ2) is 8.45. The van der Waals surface area contributed by atoms with Gasteiger partial charge in [-0.1, -0.05) is 29.5 Å². The monoisotopic (exact) mass is 355 g/mol. The van der Waals surface area contributed by atoms with E-state index in [4.69, 9.17) is 5.26 Å². The van der Waals surface area contributed by atoms with Crippen molar-refractivity contribution >= 4 is 17.2 Å². The van der Waals surface area contributed by atoms with Gasteiger partial charge in [-0.15, -0.1) is 6.58 Å². The summed E-state index contributed by atoms with van der Waals surface area (Å²) in [5, 5.41) is 8.99. The Hall–Kier alpha value is -2.65. The highest BCUT2D eigenvalue weighted by Gasteiger charge is 2.15. The number of rotatable bonds is 7. The van der Waals surface area contributed by atoms with Crippen LogP contribution in [0.3, 0.4) is 0 Å². The molecule has 0 aliphatic heterocycles. The number of benzene rings is 1. The van der Waals surface area contributed by atoms with E-state index in [1.165, 1.54) is 11.3 Å². The van der Waals surface area contributed by atoms with Crippen molar-refractivity contribution in [3.05, 3.63) is 68.3 Å². The van der Waals surface area contributed by atoms with Gasteiger partial charge in [0.1, 0.15) is 0 Å². The maximum Gasteiger partial charge on any atom is 0.307 e. The van der Waals surface area contributed by atoms with Crippen molar-refractivity contribution in [3.8, 4) is 6.07 Å². The molecular formula is C19H21N3O2S. The molecule has 0 aliphatic carbocycles. The van der Waals surface area contributed by atoms with E-state index >= 15 is 0 Å². The molecule has 1 aromatic heterocycles. The summed E-state index contributed by atoms with van der Waals surface area (Å²) in [6.07, 6.45) is 1.93. The molecule has 0 saturated carbocycles. The lowest BCUT2D eigenvalue weighted by Gasteiger charge is -2.21. The Bertz CT molecular complexity index is 874. The zero-order valence-corrected chi connectivity index (χ0v) is 15.3. The molecule has 0 atom stereocenters. The second-order valence-corrected chi connectivity index (χ2v) is 6.95. The summed E-state index contributed by atoms with van der Waals surface area (Å²) in [5.41, 5.74) is 2.38. The molecule has 1 amide bonds. The first-order valence-electron chi connectivity index (χ1n) is 8.00. The van der Waals surface area contributed by atoms with E-state index in [0.717, 1.165) is 16.1 Å². The van der Waals surface area contributed by atoms with E-state index in [9.17, 15) is 9.59 Å². The van der Waals surface area contributed by atoms with Crippen molar-refractivity contribution in [2.24, 2.45) is 0 Å². The number of thiazole rings is 1. The summed E-state index contributed by atoms with van der Waals surface area (Å²) in [4.78, 5) is 27.2. The molecule has 0 aliphatic rings. The fourth-order valence-corrected chi connectivity index (χ4v) is 3.44. The summed E-state index contributed by atoms with van der Waals surface area (Å²) >= 11 is 1.21. The standard InChI is InChI=1S/C19H21N3O2S/c1-4-9-21(13-17-7-5-6-16(11-17)12-20)18(23)8-10-22-14(2)15(3)25-19(22)24/h4-7,11H,1,8-10,13H2,2-3H3. The predicted molar refractivity (Wildman–Crippen MR) is 99.4 cm³/mol. The zero-order chi connectivity index (χ0) is 18.4. The maximum absolute atomic E-state index is 12.6. The molecule has 0 bridgehead atoms. The van der Waals surface area contributed by atoms with Gasteiger partial charge in [0, 0.05) is 36.6 Å². The Kier molecular flexibility index (Phi) is 6.31. The lowest BCUT2D eigenvalue weighted by molar-refractivity contribution is -0.131. The molecule has 130 valence electrons. The molecule has 25 heavy (non-hydrogen) atoms. The SMILES string of the molecule is C=CCN(Cc1cccc(C#N)c1)C(=O)CCn1c(C)c(C)sc1=O. The quantitative estimate of drug-likeness (QED) is 0.717. The van der Waals surface area contributed by atoms with Crippen LogP contribution in [0.25, 0.3) is 0 Å². The second-order valence-electron chi connectivity index (χ2n) is 5.79. The van der Waals surface area contributed by atoms with Crippen molar-refractivity contribution in [1.82, 2.24) is 9.47 Å². The normalized spacial score (nSPS) is 10.3. The summed E-state index contributed by atoms with van der Waals surface area (Å²) in [7, 11) is 0. The van der Waals surface area contributed by atoms with Crippen molar-refractivity contribution in [2.75, 3.05) is 6.54 Å². The number of hydrogen-bond acceptors (Lipinski definition) is 4. The first-order valence-corrected chi connectivity index (χ1v) is 8.82. The van der Waals surface area contributed by atoms with Gasteiger partial charge < -0.3 is 9.47 Å². The molecule has 0 spiro atoms. The molecule has 0 fully saturated rings. The van der Waals surface area contributed by atoms with Gasteiger partial charge >= 0.3 is 4.87 Å². The van der Waals surface area contributed by atoms with Crippen LogP contribution in [-0.4, -0.2) is 21.9 Å². The third-order valence-electron chi connectivity index (χ3n) is 4.06. The summed E-state index contributed by atoms with van der Waals surface area (Å²) in [6, 6.07) is 9.31. The molecule has 0 saturated heterocycles. The lowest BCUT2D eigenvalue weighted by atomic mass is 10.1. The van der Waals surface area contributed by atoms with Gasteiger partial charge in [0.2, 0.25) is 5.91 Å². The molecule has 2 rings (SSSR count). The van der Waals surface area contributed by atoms with Gasteiger partial charge in [-0.3, -0.25) is 9.59 Å². The number of carbonyl (C=O) groups is 1. The number of amides is 1. The molecule has 0 N–H and O–H groups in total. The van der Waals surface area contributed by atoms with Crippen LogP contribution < -0.4 is 4.87 Å². The third-order valence-corrected chi connectivity index (χ3v) is 5.05. The lowest BCUT2D eigenvalue weighted by Crippen LogP contribution is -2.32. The third kappa shape index (κ3) is 4.68. The molecule has 1 heterocycles. The zero-order valence-electron chi connectivity index (χ0n) is 14.5. The summed E-state index contributed by atoms with van der Waals surface area (Å²) < 4.78 is 1.65. The number of carbonyl (C=O) groups excluding carboxylic acids is 1. The van der Waals surface area contributed by atoms with Gasteiger partial charge in [0.05, 0.1) is 11.6 Å². The van der Waals surface area contributed by atoms with E-state index in [0.29, 0.717) is 25.2 Å². The minimum Gasteiger partial charge on any atom is -0.335 e. The maximum atomic E-state index is 12.6. The number of nitrogens with zero attached hydrogens (tertiary/aromatic N) is 3. The van der Waals surface area contributed by atoms with Gasteiger partial charge in [-0.05, 0) is 31.5 Å². The van der Waals surface area contributed by atoms with Crippen molar-refractivity contribution in [3.63, 3.8) is 0 Å². The molecule has 5 nitrogen and oxygen atoms in total. The Morgan fingerprint density at radius 1 is 1.44 bits per heavy atom. The Labute approximate surface area is 151 Å². The van der Waals surface area contributed by atoms with Crippen LogP contribution in [0.2, 0.25) is 0 Å². The largest absolute Gasteiger partial charge is 0.335 e. The van der Waals surface area contributed by atoms with Crippen LogP contribution in [0, 0.1) is 25.2 Å². The Morgan fingerprint density at radius 3 is 2.80 bits per heavy atom. The first-order chi connectivity index (χ1) is 12.0. The highest BCUT2D eigenvalue weighted by molar-refractivity contribution is 7.09. The van der Waals surface area contributed by atoms with E-state index in [1.54, 1.807) is 27.7 Å². The van der Waals surface area contributed by atoms with Crippen LogP contribution in [0.4, 0.5) is 0 Å². The molecule has 1 aromatic carbocycles. The van der Waals surface area contributed by atoms with Crippen molar-refractivity contribution < 1.29 is 4.79 Å². The fourth-order valence-electron chi connectivity index (χ4n) is 2.58. The summed E-state index contributed by atoms with van der Waals surface area (Å²) in [6.45, 7) is 8.72. The highest BCUT2D eigenvalue weighted by Crippen LogP contribution is 2.12. The predicted octanol–water partition coefficient (Wildman–Crippen LogP) is 3.00. The van der Waals surface area contributed by atoms with Gasteiger partial charge in [-0.2, -0.15) is 5.26 Å². The number of aromatic nitrogens is 1. The topological polar surface area (TPSA) is 66.1 Å². The number of hydrogen-bond donors (Lipinski definition) is 0. The Balaban J connectivity index is 2.08. The minimum atomic E-state index is -0.0441. The van der Waals surface area contributed by atoms with E-state index in [1.807, 2.05) is 26.0 Å². The average molecular weight is 355 g/mol. The van der Waals surface area contributed by atoms with Crippen molar-refractivity contribution in [2.45, 2.75) is 33.4 Å². The van der Waals surface area contributed by atoms with E-state index in [2.05, 4.69) is 12.6 Å². The fraction of sp³-hybridized carbons (Fsp3) is 0.316. The number of nitriles is 1. The first kappa shape index (κ1) is 18.7. The average Bonchev–Trinajstić information content (AvgIpc) is 2.84. The molecule has 0 unspecified atom stereocenters. The van der Waals surface area contributed by atoms with Gasteiger partial charge in [0.15, 0.2) is 0 Å². The number of aryl methyl sites for hydroxylation is 1.